The van der Waals surface area contributed by atoms with Gasteiger partial charge >= 0.3 is 0 Å². The number of carbonyl (C=O) groups excluding carboxylic acids is 1. The fraction of sp³-hybridized carbons (Fsp3) is 0.150. The molecule has 1 amide bonds. The predicted octanol–water partition coefficient (Wildman–Crippen LogP) is 4.11. The van der Waals surface area contributed by atoms with Crippen LogP contribution in [0.25, 0.3) is 10.8 Å². The van der Waals surface area contributed by atoms with Crippen LogP contribution in [0.3, 0.4) is 0 Å². The monoisotopic (exact) mass is 402 g/mol. The topological polar surface area (TPSA) is 75.3 Å². The highest BCUT2D eigenvalue weighted by Gasteiger charge is 2.22. The molecule has 7 heteroatoms. The molecule has 3 aromatic carbocycles. The maximum Gasteiger partial charge on any atom is 0.242 e. The number of hydrogen-bond acceptors (Lipinski definition) is 3. The van der Waals surface area contributed by atoms with Crippen LogP contribution in [0.1, 0.15) is 12.5 Å². The van der Waals surface area contributed by atoms with Crippen LogP contribution in [0.5, 0.6) is 0 Å². The number of nitrogens with one attached hydrogen (secondary N) is 2. The van der Waals surface area contributed by atoms with E-state index < -0.39 is 22.0 Å². The number of halogens is 1. The number of amides is 1. The zero-order valence-electron chi connectivity index (χ0n) is 14.9. The molecule has 140 valence electrons. The van der Waals surface area contributed by atoms with E-state index in [0.717, 1.165) is 16.3 Å². The third-order valence-electron chi connectivity index (χ3n) is 4.28. The average molecular weight is 403 g/mol. The van der Waals surface area contributed by atoms with Crippen molar-refractivity contribution in [3.63, 3.8) is 0 Å². The van der Waals surface area contributed by atoms with Gasteiger partial charge in [0, 0.05) is 10.7 Å². The summed E-state index contributed by atoms with van der Waals surface area (Å²) < 4.78 is 27.7. The summed E-state index contributed by atoms with van der Waals surface area (Å²) in [6.07, 6.45) is 0. The van der Waals surface area contributed by atoms with Crippen molar-refractivity contribution in [2.75, 3.05) is 5.32 Å². The van der Waals surface area contributed by atoms with Crippen molar-refractivity contribution in [1.82, 2.24) is 4.72 Å². The van der Waals surface area contributed by atoms with Crippen LogP contribution in [-0.4, -0.2) is 20.4 Å². The van der Waals surface area contributed by atoms with Gasteiger partial charge < -0.3 is 5.32 Å². The molecule has 0 aliphatic rings. The van der Waals surface area contributed by atoms with E-state index in [1.54, 1.807) is 37.3 Å². The van der Waals surface area contributed by atoms with Gasteiger partial charge in [-0.25, -0.2) is 8.42 Å². The second-order valence-corrected chi connectivity index (χ2v) is 8.37. The van der Waals surface area contributed by atoms with Crippen molar-refractivity contribution in [3.8, 4) is 0 Å². The van der Waals surface area contributed by atoms with E-state index in [0.29, 0.717) is 10.7 Å². The SMILES string of the molecule is Cc1c(Cl)cccc1NC(=O)[C@H](C)NS(=O)(=O)c1ccc2ccccc2c1. The first kappa shape index (κ1) is 19.4. The first-order valence-corrected chi connectivity index (χ1v) is 10.2. The third kappa shape index (κ3) is 4.30. The summed E-state index contributed by atoms with van der Waals surface area (Å²) in [7, 11) is -3.84. The number of fused-ring (bicyclic) bond motifs is 1. The first-order chi connectivity index (χ1) is 12.8. The van der Waals surface area contributed by atoms with E-state index in [1.165, 1.54) is 13.0 Å². The van der Waals surface area contributed by atoms with Crippen molar-refractivity contribution >= 4 is 44.0 Å². The molecule has 0 saturated heterocycles. The molecule has 0 radical (unpaired) electrons. The largest absolute Gasteiger partial charge is 0.324 e. The lowest BCUT2D eigenvalue weighted by Gasteiger charge is -2.16. The molecule has 0 bridgehead atoms. The van der Waals surface area contributed by atoms with Crippen molar-refractivity contribution in [2.24, 2.45) is 0 Å². The number of carbonyl (C=O) groups is 1. The molecule has 0 aliphatic carbocycles. The predicted molar refractivity (Wildman–Crippen MR) is 109 cm³/mol. The van der Waals surface area contributed by atoms with E-state index in [9.17, 15) is 13.2 Å². The molecule has 2 N–H and O–H groups in total. The van der Waals surface area contributed by atoms with Crippen molar-refractivity contribution < 1.29 is 13.2 Å². The lowest BCUT2D eigenvalue weighted by molar-refractivity contribution is -0.117. The molecule has 0 heterocycles. The molecule has 1 atom stereocenters. The van der Waals surface area contributed by atoms with Gasteiger partial charge in [0.15, 0.2) is 0 Å². The number of benzene rings is 3. The molecular formula is C20H19ClN2O3S. The minimum atomic E-state index is -3.84. The fourth-order valence-electron chi connectivity index (χ4n) is 2.67. The summed E-state index contributed by atoms with van der Waals surface area (Å²) in [4.78, 5) is 12.5. The molecule has 3 aromatic rings. The molecule has 0 spiro atoms. The quantitative estimate of drug-likeness (QED) is 0.674. The van der Waals surface area contributed by atoms with Gasteiger partial charge in [-0.2, -0.15) is 4.72 Å². The Labute approximate surface area is 163 Å². The molecule has 0 unspecified atom stereocenters. The van der Waals surface area contributed by atoms with Gasteiger partial charge in [-0.3, -0.25) is 4.79 Å². The summed E-state index contributed by atoms with van der Waals surface area (Å²) in [5.74, 6) is -0.468. The maximum atomic E-state index is 12.7. The molecule has 0 aliphatic heterocycles. The molecular weight excluding hydrogens is 384 g/mol. The lowest BCUT2D eigenvalue weighted by Crippen LogP contribution is -2.41. The molecule has 27 heavy (non-hydrogen) atoms. The fourth-order valence-corrected chi connectivity index (χ4v) is 4.09. The second-order valence-electron chi connectivity index (χ2n) is 6.25. The highest BCUT2D eigenvalue weighted by Crippen LogP contribution is 2.23. The van der Waals surface area contributed by atoms with Gasteiger partial charge in [-0.05, 0) is 54.4 Å². The van der Waals surface area contributed by atoms with Gasteiger partial charge in [0.1, 0.15) is 0 Å². The van der Waals surface area contributed by atoms with E-state index in [4.69, 9.17) is 11.6 Å². The summed E-state index contributed by atoms with van der Waals surface area (Å²) in [6.45, 7) is 3.27. The van der Waals surface area contributed by atoms with Gasteiger partial charge in [0.2, 0.25) is 15.9 Å². The standard InChI is InChI=1S/C20H19ClN2O3S/c1-13-18(21)8-5-9-19(13)22-20(24)14(2)23-27(25,26)17-11-10-15-6-3-4-7-16(15)12-17/h3-12,14,23H,1-2H3,(H,22,24)/t14-/m0/s1. The molecule has 3 rings (SSSR count). The highest BCUT2D eigenvalue weighted by atomic mass is 35.5. The Balaban J connectivity index is 1.77. The van der Waals surface area contributed by atoms with Crippen LogP contribution < -0.4 is 10.0 Å². The Morgan fingerprint density at radius 3 is 2.44 bits per heavy atom. The minimum Gasteiger partial charge on any atom is -0.324 e. The zero-order valence-corrected chi connectivity index (χ0v) is 16.4. The van der Waals surface area contributed by atoms with Crippen LogP contribution in [0.15, 0.2) is 65.6 Å². The summed E-state index contributed by atoms with van der Waals surface area (Å²) in [6, 6.07) is 16.5. The minimum absolute atomic E-state index is 0.111. The number of rotatable bonds is 5. The van der Waals surface area contributed by atoms with Crippen LogP contribution >= 0.6 is 11.6 Å². The normalized spacial score (nSPS) is 12.7. The van der Waals surface area contributed by atoms with Crippen molar-refractivity contribution in [2.45, 2.75) is 24.8 Å². The molecule has 0 saturated carbocycles. The van der Waals surface area contributed by atoms with Crippen LogP contribution in [-0.2, 0) is 14.8 Å². The van der Waals surface area contributed by atoms with Gasteiger partial charge in [0.25, 0.3) is 0 Å². The Hall–Kier alpha value is -2.41. The van der Waals surface area contributed by atoms with Crippen LogP contribution in [0.2, 0.25) is 5.02 Å². The molecule has 0 fully saturated rings. The Kier molecular flexibility index (Phi) is 5.51. The number of hydrogen-bond donors (Lipinski definition) is 2. The summed E-state index contributed by atoms with van der Waals surface area (Å²) in [5, 5.41) is 4.98. The molecule has 0 aromatic heterocycles. The smallest absolute Gasteiger partial charge is 0.242 e. The second kappa shape index (κ2) is 7.68. The van der Waals surface area contributed by atoms with Gasteiger partial charge in [-0.1, -0.05) is 48.0 Å². The zero-order chi connectivity index (χ0) is 19.6. The summed E-state index contributed by atoms with van der Waals surface area (Å²) in [5.41, 5.74) is 1.27. The van der Waals surface area contributed by atoms with Gasteiger partial charge in [-0.15, -0.1) is 0 Å². The van der Waals surface area contributed by atoms with Gasteiger partial charge in [0.05, 0.1) is 10.9 Å². The Bertz CT molecular complexity index is 1110. The Morgan fingerprint density at radius 1 is 1.00 bits per heavy atom. The third-order valence-corrected chi connectivity index (χ3v) is 6.23. The first-order valence-electron chi connectivity index (χ1n) is 8.35. The van der Waals surface area contributed by atoms with Crippen molar-refractivity contribution in [1.29, 1.82) is 0 Å². The number of sulfonamides is 1. The average Bonchev–Trinajstić information content (AvgIpc) is 2.64. The highest BCUT2D eigenvalue weighted by molar-refractivity contribution is 7.89. The maximum absolute atomic E-state index is 12.7. The summed E-state index contributed by atoms with van der Waals surface area (Å²) >= 11 is 6.05. The lowest BCUT2D eigenvalue weighted by atomic mass is 10.1. The van der Waals surface area contributed by atoms with Crippen LogP contribution in [0.4, 0.5) is 5.69 Å². The van der Waals surface area contributed by atoms with Crippen molar-refractivity contribution in [3.05, 3.63) is 71.2 Å². The van der Waals surface area contributed by atoms with Crippen LogP contribution in [0, 0.1) is 6.92 Å². The van der Waals surface area contributed by atoms with E-state index >= 15 is 0 Å². The van der Waals surface area contributed by atoms with E-state index in [2.05, 4.69) is 10.0 Å². The molecule has 5 nitrogen and oxygen atoms in total. The van der Waals surface area contributed by atoms with E-state index in [-0.39, 0.29) is 4.90 Å². The number of anilines is 1. The van der Waals surface area contributed by atoms with E-state index in [1.807, 2.05) is 24.3 Å². The Morgan fingerprint density at radius 2 is 1.70 bits per heavy atom.